The van der Waals surface area contributed by atoms with E-state index in [4.69, 9.17) is 5.73 Å². The van der Waals surface area contributed by atoms with Crippen molar-refractivity contribution in [2.24, 2.45) is 0 Å². The number of nitrogen functional groups attached to an aromatic ring is 1. The van der Waals surface area contributed by atoms with Crippen LogP contribution in [0.4, 0.5) is 17.1 Å². The van der Waals surface area contributed by atoms with Gasteiger partial charge in [0.2, 0.25) is 0 Å². The SMILES string of the molecule is Cc1ccc(NC(=O)/C(C#N)=C\Nc2cc(C)ccc2N)cc1. The van der Waals surface area contributed by atoms with E-state index < -0.39 is 5.91 Å². The Bertz CT molecular complexity index is 786. The average Bonchev–Trinajstić information content (AvgIpc) is 2.53. The highest BCUT2D eigenvalue weighted by atomic mass is 16.1. The molecule has 5 heteroatoms. The van der Waals surface area contributed by atoms with E-state index in [-0.39, 0.29) is 5.57 Å². The summed E-state index contributed by atoms with van der Waals surface area (Å²) in [6.07, 6.45) is 1.36. The van der Waals surface area contributed by atoms with E-state index in [1.54, 1.807) is 18.2 Å². The van der Waals surface area contributed by atoms with Crippen LogP contribution in [0.25, 0.3) is 0 Å². The first-order valence-corrected chi connectivity index (χ1v) is 7.10. The van der Waals surface area contributed by atoms with Gasteiger partial charge in [-0.3, -0.25) is 4.79 Å². The number of nitrogens with zero attached hydrogens (tertiary/aromatic N) is 1. The van der Waals surface area contributed by atoms with Crippen LogP contribution in [0.1, 0.15) is 11.1 Å². The molecule has 0 aliphatic rings. The van der Waals surface area contributed by atoms with E-state index in [2.05, 4.69) is 10.6 Å². The third-order valence-corrected chi connectivity index (χ3v) is 3.26. The number of hydrogen-bond acceptors (Lipinski definition) is 4. The van der Waals surface area contributed by atoms with Crippen molar-refractivity contribution in [2.75, 3.05) is 16.4 Å². The monoisotopic (exact) mass is 306 g/mol. The Morgan fingerprint density at radius 3 is 2.43 bits per heavy atom. The second kappa shape index (κ2) is 7.14. The van der Waals surface area contributed by atoms with Gasteiger partial charge in [-0.15, -0.1) is 0 Å². The first-order chi connectivity index (χ1) is 11.0. The summed E-state index contributed by atoms with van der Waals surface area (Å²) in [4.78, 5) is 12.1. The van der Waals surface area contributed by atoms with Gasteiger partial charge in [-0.2, -0.15) is 5.26 Å². The normalized spacial score (nSPS) is 10.7. The molecule has 5 nitrogen and oxygen atoms in total. The van der Waals surface area contributed by atoms with E-state index >= 15 is 0 Å². The van der Waals surface area contributed by atoms with Crippen molar-refractivity contribution in [1.82, 2.24) is 0 Å². The number of amides is 1. The van der Waals surface area contributed by atoms with Crippen LogP contribution < -0.4 is 16.4 Å². The van der Waals surface area contributed by atoms with Crippen molar-refractivity contribution in [1.29, 1.82) is 5.26 Å². The predicted molar refractivity (Wildman–Crippen MR) is 92.7 cm³/mol. The molecule has 0 saturated carbocycles. The number of hydrogen-bond donors (Lipinski definition) is 3. The van der Waals surface area contributed by atoms with Crippen molar-refractivity contribution in [3.63, 3.8) is 0 Å². The van der Waals surface area contributed by atoms with Gasteiger partial charge < -0.3 is 16.4 Å². The van der Waals surface area contributed by atoms with E-state index in [1.165, 1.54) is 6.20 Å². The van der Waals surface area contributed by atoms with Crippen LogP contribution >= 0.6 is 0 Å². The molecule has 0 aromatic heterocycles. The highest BCUT2D eigenvalue weighted by molar-refractivity contribution is 6.06. The van der Waals surface area contributed by atoms with E-state index in [9.17, 15) is 10.1 Å². The molecule has 2 aromatic carbocycles. The summed E-state index contributed by atoms with van der Waals surface area (Å²) in [5.74, 6) is -0.477. The molecule has 0 aliphatic heterocycles. The van der Waals surface area contributed by atoms with Crippen molar-refractivity contribution >= 4 is 23.0 Å². The second-order valence-corrected chi connectivity index (χ2v) is 5.23. The molecule has 0 spiro atoms. The van der Waals surface area contributed by atoms with Crippen molar-refractivity contribution in [3.8, 4) is 6.07 Å². The van der Waals surface area contributed by atoms with Gasteiger partial charge in [0.05, 0.1) is 11.4 Å². The second-order valence-electron chi connectivity index (χ2n) is 5.23. The summed E-state index contributed by atoms with van der Waals surface area (Å²) in [7, 11) is 0. The largest absolute Gasteiger partial charge is 0.397 e. The zero-order valence-electron chi connectivity index (χ0n) is 13.1. The Labute approximate surface area is 135 Å². The summed E-state index contributed by atoms with van der Waals surface area (Å²) in [5.41, 5.74) is 9.77. The molecule has 2 rings (SSSR count). The molecule has 0 unspecified atom stereocenters. The summed E-state index contributed by atoms with van der Waals surface area (Å²) in [5, 5.41) is 14.8. The molecular weight excluding hydrogens is 288 g/mol. The summed E-state index contributed by atoms with van der Waals surface area (Å²) in [6, 6.07) is 14.7. The van der Waals surface area contributed by atoms with Gasteiger partial charge in [0.15, 0.2) is 0 Å². The zero-order valence-corrected chi connectivity index (χ0v) is 13.1. The van der Waals surface area contributed by atoms with Crippen molar-refractivity contribution in [2.45, 2.75) is 13.8 Å². The lowest BCUT2D eigenvalue weighted by Gasteiger charge is -2.08. The Kier molecular flexibility index (Phi) is 5.00. The van der Waals surface area contributed by atoms with Gasteiger partial charge in [-0.05, 0) is 43.7 Å². The fourth-order valence-electron chi connectivity index (χ4n) is 1.93. The minimum atomic E-state index is -0.477. The standard InChI is InChI=1S/C18H18N4O/c1-12-3-6-15(7-4-12)22-18(23)14(10-19)11-21-17-9-13(2)5-8-16(17)20/h3-9,11,21H,20H2,1-2H3,(H,22,23)/b14-11-. The Balaban J connectivity index is 2.12. The third-order valence-electron chi connectivity index (χ3n) is 3.26. The maximum Gasteiger partial charge on any atom is 0.267 e. The lowest BCUT2D eigenvalue weighted by molar-refractivity contribution is -0.112. The van der Waals surface area contributed by atoms with Gasteiger partial charge in [0.25, 0.3) is 5.91 Å². The molecule has 0 radical (unpaired) electrons. The molecule has 0 fully saturated rings. The average molecular weight is 306 g/mol. The van der Waals surface area contributed by atoms with E-state index in [1.807, 2.05) is 44.2 Å². The molecule has 0 atom stereocenters. The number of anilines is 3. The molecule has 1 amide bonds. The number of benzene rings is 2. The Morgan fingerprint density at radius 1 is 1.13 bits per heavy atom. The van der Waals surface area contributed by atoms with Crippen LogP contribution in [0.5, 0.6) is 0 Å². The minimum absolute atomic E-state index is 0.0357. The lowest BCUT2D eigenvalue weighted by Crippen LogP contribution is -2.14. The number of nitriles is 1. The van der Waals surface area contributed by atoms with Crippen LogP contribution in [0.3, 0.4) is 0 Å². The Hall–Kier alpha value is -3.26. The fourth-order valence-corrected chi connectivity index (χ4v) is 1.93. The van der Waals surface area contributed by atoms with Crippen molar-refractivity contribution in [3.05, 3.63) is 65.4 Å². The summed E-state index contributed by atoms with van der Waals surface area (Å²) < 4.78 is 0. The van der Waals surface area contributed by atoms with E-state index in [0.717, 1.165) is 11.1 Å². The topological polar surface area (TPSA) is 90.9 Å². The molecule has 0 bridgehead atoms. The molecular formula is C18H18N4O. The first kappa shape index (κ1) is 16.1. The van der Waals surface area contributed by atoms with Gasteiger partial charge in [0, 0.05) is 11.9 Å². The summed E-state index contributed by atoms with van der Waals surface area (Å²) in [6.45, 7) is 3.89. The number of carbonyl (C=O) groups is 1. The van der Waals surface area contributed by atoms with Gasteiger partial charge >= 0.3 is 0 Å². The maximum absolute atomic E-state index is 12.1. The van der Waals surface area contributed by atoms with Crippen LogP contribution in [-0.4, -0.2) is 5.91 Å². The number of carbonyl (C=O) groups excluding carboxylic acids is 1. The van der Waals surface area contributed by atoms with Gasteiger partial charge in [0.1, 0.15) is 11.6 Å². The maximum atomic E-state index is 12.1. The smallest absolute Gasteiger partial charge is 0.267 e. The highest BCUT2D eigenvalue weighted by Gasteiger charge is 2.09. The van der Waals surface area contributed by atoms with E-state index in [0.29, 0.717) is 17.1 Å². The fraction of sp³-hybridized carbons (Fsp3) is 0.111. The molecule has 0 saturated heterocycles. The van der Waals surface area contributed by atoms with Crippen LogP contribution in [-0.2, 0) is 4.79 Å². The summed E-state index contributed by atoms with van der Waals surface area (Å²) >= 11 is 0. The molecule has 4 N–H and O–H groups in total. The minimum Gasteiger partial charge on any atom is -0.397 e. The molecule has 2 aromatic rings. The number of nitrogens with one attached hydrogen (secondary N) is 2. The van der Waals surface area contributed by atoms with Gasteiger partial charge in [-0.1, -0.05) is 23.8 Å². The van der Waals surface area contributed by atoms with Crippen LogP contribution in [0.15, 0.2) is 54.2 Å². The number of aryl methyl sites for hydroxylation is 2. The predicted octanol–water partition coefficient (Wildman–Crippen LogP) is 3.34. The lowest BCUT2D eigenvalue weighted by atomic mass is 10.2. The number of rotatable bonds is 4. The molecule has 23 heavy (non-hydrogen) atoms. The molecule has 0 aliphatic carbocycles. The van der Waals surface area contributed by atoms with Crippen molar-refractivity contribution < 1.29 is 4.79 Å². The number of nitrogens with two attached hydrogens (primary N) is 1. The first-order valence-electron chi connectivity index (χ1n) is 7.10. The van der Waals surface area contributed by atoms with Gasteiger partial charge in [-0.25, -0.2) is 0 Å². The Morgan fingerprint density at radius 2 is 1.78 bits per heavy atom. The highest BCUT2D eigenvalue weighted by Crippen LogP contribution is 2.20. The third kappa shape index (κ3) is 4.35. The quantitative estimate of drug-likeness (QED) is 0.459. The molecule has 0 heterocycles. The molecule has 116 valence electrons. The zero-order chi connectivity index (χ0) is 16.8. The van der Waals surface area contributed by atoms with Crippen LogP contribution in [0, 0.1) is 25.2 Å². The van der Waals surface area contributed by atoms with Crippen LogP contribution in [0.2, 0.25) is 0 Å².